The topological polar surface area (TPSA) is 41.6 Å². The molecule has 1 N–H and O–H groups in total. The zero-order valence-corrected chi connectivity index (χ0v) is 15.4. The first-order chi connectivity index (χ1) is 12.3. The number of H-pyrrole nitrogens is 1. The summed E-state index contributed by atoms with van der Waals surface area (Å²) in [5, 5.41) is 0. The predicted octanol–water partition coefficient (Wildman–Crippen LogP) is 5.99. The van der Waals surface area contributed by atoms with Crippen LogP contribution in [0.3, 0.4) is 0 Å². The molecule has 25 heavy (non-hydrogen) atoms. The molecule has 128 valence electrons. The van der Waals surface area contributed by atoms with Gasteiger partial charge < -0.3 is 4.98 Å². The highest BCUT2D eigenvalue weighted by atomic mass is 32.1. The lowest BCUT2D eigenvalue weighted by molar-refractivity contribution is 0.667. The quantitative estimate of drug-likeness (QED) is 0.421. The number of unbranched alkanes of at least 4 members (excludes halogenated alkanes) is 3. The van der Waals surface area contributed by atoms with E-state index in [1.807, 2.05) is 30.3 Å². The summed E-state index contributed by atoms with van der Waals surface area (Å²) < 4.78 is 0.358. The van der Waals surface area contributed by atoms with Crippen LogP contribution in [-0.2, 0) is 6.42 Å². The minimum absolute atomic E-state index is 0.358. The molecule has 0 saturated heterocycles. The molecule has 1 heterocycles. The van der Waals surface area contributed by atoms with E-state index in [-0.39, 0.29) is 0 Å². The molecule has 0 aliphatic rings. The van der Waals surface area contributed by atoms with E-state index in [0.29, 0.717) is 4.77 Å². The Labute approximate surface area is 154 Å². The van der Waals surface area contributed by atoms with E-state index in [1.54, 1.807) is 0 Å². The van der Waals surface area contributed by atoms with Gasteiger partial charge in [-0.15, -0.1) is 0 Å². The van der Waals surface area contributed by atoms with E-state index in [0.717, 1.165) is 29.2 Å². The molecule has 0 bridgehead atoms. The van der Waals surface area contributed by atoms with Gasteiger partial charge in [0.05, 0.1) is 0 Å². The minimum Gasteiger partial charge on any atom is -0.324 e. The van der Waals surface area contributed by atoms with Gasteiger partial charge in [-0.25, -0.2) is 9.97 Å². The van der Waals surface area contributed by atoms with Crippen molar-refractivity contribution in [3.05, 3.63) is 64.9 Å². The number of aromatic nitrogens is 3. The summed E-state index contributed by atoms with van der Waals surface area (Å²) in [5.74, 6) is 1.51. The van der Waals surface area contributed by atoms with Crippen LogP contribution in [0.4, 0.5) is 0 Å². The fourth-order valence-corrected chi connectivity index (χ4v) is 3.02. The van der Waals surface area contributed by atoms with Crippen LogP contribution in [0.5, 0.6) is 0 Å². The molecule has 0 fully saturated rings. The summed E-state index contributed by atoms with van der Waals surface area (Å²) in [6, 6.07) is 18.6. The average molecular weight is 350 g/mol. The Morgan fingerprint density at radius 1 is 0.800 bits per heavy atom. The molecule has 0 saturated carbocycles. The maximum Gasteiger partial charge on any atom is 0.223 e. The van der Waals surface area contributed by atoms with Gasteiger partial charge in [0.2, 0.25) is 4.77 Å². The Kier molecular flexibility index (Phi) is 6.07. The predicted molar refractivity (Wildman–Crippen MR) is 106 cm³/mol. The Morgan fingerprint density at radius 2 is 1.44 bits per heavy atom. The zero-order valence-electron chi connectivity index (χ0n) is 14.5. The van der Waals surface area contributed by atoms with Crippen molar-refractivity contribution in [3.63, 3.8) is 0 Å². The van der Waals surface area contributed by atoms with Gasteiger partial charge in [0, 0.05) is 11.1 Å². The van der Waals surface area contributed by atoms with Crippen LogP contribution >= 0.6 is 12.2 Å². The maximum absolute atomic E-state index is 5.25. The molecule has 0 spiro atoms. The van der Waals surface area contributed by atoms with Gasteiger partial charge >= 0.3 is 0 Å². The summed E-state index contributed by atoms with van der Waals surface area (Å²) in [6.07, 6.45) is 6.28. The molecule has 2 aromatic carbocycles. The number of benzene rings is 2. The van der Waals surface area contributed by atoms with Crippen LogP contribution in [0.25, 0.3) is 22.8 Å². The minimum atomic E-state index is 0.358. The fraction of sp³-hybridized carbons (Fsp3) is 0.286. The molecule has 4 heteroatoms. The van der Waals surface area contributed by atoms with Gasteiger partial charge in [-0.05, 0) is 30.6 Å². The molecule has 0 unspecified atom stereocenters. The molecule has 0 aliphatic heterocycles. The van der Waals surface area contributed by atoms with Crippen molar-refractivity contribution in [2.45, 2.75) is 39.0 Å². The van der Waals surface area contributed by atoms with Crippen LogP contribution in [-0.4, -0.2) is 15.0 Å². The molecular formula is C21H23N3S. The summed E-state index contributed by atoms with van der Waals surface area (Å²) >= 11 is 5.25. The van der Waals surface area contributed by atoms with E-state index < -0.39 is 0 Å². The lowest BCUT2D eigenvalue weighted by atomic mass is 10.0. The monoisotopic (exact) mass is 349 g/mol. The van der Waals surface area contributed by atoms with Gasteiger partial charge in [-0.2, -0.15) is 0 Å². The number of hydrogen-bond donors (Lipinski definition) is 1. The number of nitrogens with one attached hydrogen (secondary N) is 1. The third-order valence-corrected chi connectivity index (χ3v) is 4.43. The molecule has 1 aromatic heterocycles. The second kappa shape index (κ2) is 8.67. The van der Waals surface area contributed by atoms with Crippen LogP contribution in [0, 0.1) is 4.77 Å². The number of aromatic amines is 1. The summed E-state index contributed by atoms with van der Waals surface area (Å²) in [5.41, 5.74) is 3.41. The highest BCUT2D eigenvalue weighted by Gasteiger charge is 2.06. The summed E-state index contributed by atoms with van der Waals surface area (Å²) in [6.45, 7) is 2.24. The van der Waals surface area contributed by atoms with E-state index >= 15 is 0 Å². The lowest BCUT2D eigenvalue weighted by Crippen LogP contribution is -1.97. The average Bonchev–Trinajstić information content (AvgIpc) is 2.66. The molecule has 0 radical (unpaired) electrons. The maximum atomic E-state index is 5.25. The molecular weight excluding hydrogens is 326 g/mol. The van der Waals surface area contributed by atoms with E-state index in [4.69, 9.17) is 12.2 Å². The number of nitrogens with zero attached hydrogens (tertiary/aromatic N) is 2. The van der Waals surface area contributed by atoms with Crippen molar-refractivity contribution < 1.29 is 0 Å². The van der Waals surface area contributed by atoms with Crippen LogP contribution in [0.1, 0.15) is 38.2 Å². The molecule has 0 amide bonds. The van der Waals surface area contributed by atoms with Gasteiger partial charge in [0.1, 0.15) is 11.6 Å². The third-order valence-electron chi connectivity index (χ3n) is 4.25. The van der Waals surface area contributed by atoms with Crippen LogP contribution < -0.4 is 0 Å². The summed E-state index contributed by atoms with van der Waals surface area (Å²) in [4.78, 5) is 12.1. The van der Waals surface area contributed by atoms with E-state index in [1.165, 1.54) is 31.2 Å². The molecule has 0 aliphatic carbocycles. The number of aryl methyl sites for hydroxylation is 1. The van der Waals surface area contributed by atoms with Gasteiger partial charge in [0.25, 0.3) is 0 Å². The van der Waals surface area contributed by atoms with E-state index in [2.05, 4.69) is 46.1 Å². The highest BCUT2D eigenvalue weighted by Crippen LogP contribution is 2.20. The Morgan fingerprint density at radius 3 is 2.08 bits per heavy atom. The molecule has 3 aromatic rings. The van der Waals surface area contributed by atoms with Crippen molar-refractivity contribution in [2.24, 2.45) is 0 Å². The first-order valence-corrected chi connectivity index (χ1v) is 9.30. The second-order valence-corrected chi connectivity index (χ2v) is 6.57. The summed E-state index contributed by atoms with van der Waals surface area (Å²) in [7, 11) is 0. The van der Waals surface area contributed by atoms with Crippen molar-refractivity contribution in [2.75, 3.05) is 0 Å². The largest absolute Gasteiger partial charge is 0.324 e. The van der Waals surface area contributed by atoms with Gasteiger partial charge in [-0.1, -0.05) is 80.8 Å². The Hall–Kier alpha value is -2.33. The molecule has 3 nitrogen and oxygen atoms in total. The lowest BCUT2D eigenvalue weighted by Gasteiger charge is -2.07. The van der Waals surface area contributed by atoms with E-state index in [9.17, 15) is 0 Å². The highest BCUT2D eigenvalue weighted by molar-refractivity contribution is 7.71. The van der Waals surface area contributed by atoms with Gasteiger partial charge in [-0.3, -0.25) is 0 Å². The van der Waals surface area contributed by atoms with Crippen molar-refractivity contribution in [1.29, 1.82) is 0 Å². The third kappa shape index (κ3) is 4.83. The standard InChI is InChI=1S/C21H23N3S/c1-2-3-4-6-9-16-12-14-18(15-13-16)20-22-19(23-21(25)24-20)17-10-7-5-8-11-17/h5,7-8,10-15H,2-4,6,9H2,1H3,(H,22,23,24,25). The number of hydrogen-bond acceptors (Lipinski definition) is 3. The molecule has 0 atom stereocenters. The van der Waals surface area contributed by atoms with Crippen LogP contribution in [0.15, 0.2) is 54.6 Å². The second-order valence-electron chi connectivity index (χ2n) is 6.20. The first-order valence-electron chi connectivity index (χ1n) is 8.89. The normalized spacial score (nSPS) is 10.8. The Bertz CT molecular complexity index is 854. The van der Waals surface area contributed by atoms with Crippen LogP contribution in [0.2, 0.25) is 0 Å². The Balaban J connectivity index is 1.80. The van der Waals surface area contributed by atoms with Gasteiger partial charge in [0.15, 0.2) is 0 Å². The smallest absolute Gasteiger partial charge is 0.223 e. The molecule has 3 rings (SSSR count). The first kappa shape index (κ1) is 17.5. The zero-order chi connectivity index (χ0) is 17.5. The number of rotatable bonds is 7. The SMILES string of the molecule is CCCCCCc1ccc(-c2nc(=S)nc(-c3ccccc3)[nH]2)cc1. The van der Waals surface area contributed by atoms with Crippen molar-refractivity contribution in [3.8, 4) is 22.8 Å². The van der Waals surface area contributed by atoms with Crippen molar-refractivity contribution in [1.82, 2.24) is 15.0 Å². The van der Waals surface area contributed by atoms with Crippen molar-refractivity contribution >= 4 is 12.2 Å². The fourth-order valence-electron chi connectivity index (χ4n) is 2.84.